The van der Waals surface area contributed by atoms with Crippen molar-refractivity contribution in [3.05, 3.63) is 29.3 Å². The molecule has 0 saturated heterocycles. The Hall–Kier alpha value is -1.55. The van der Waals surface area contributed by atoms with Gasteiger partial charge in [0.25, 0.3) is 5.91 Å². The fraction of sp³-hybridized carbons (Fsp3) is 0.385. The van der Waals surface area contributed by atoms with Crippen LogP contribution in [0.15, 0.2) is 18.2 Å². The summed E-state index contributed by atoms with van der Waals surface area (Å²) in [5.41, 5.74) is 2.70. The van der Waals surface area contributed by atoms with Gasteiger partial charge in [0.15, 0.2) is 0 Å². The molecule has 2 rings (SSSR count). The van der Waals surface area contributed by atoms with Crippen LogP contribution in [0.3, 0.4) is 0 Å². The molecule has 1 atom stereocenters. The Balaban J connectivity index is 2.33. The lowest BCUT2D eigenvalue weighted by Crippen LogP contribution is -2.33. The first kappa shape index (κ1) is 12.9. The van der Waals surface area contributed by atoms with E-state index in [9.17, 15) is 9.59 Å². The van der Waals surface area contributed by atoms with Gasteiger partial charge in [-0.1, -0.05) is 26.0 Å². The zero-order valence-electron chi connectivity index (χ0n) is 10.3. The molecule has 2 N–H and O–H groups in total. The lowest BCUT2D eigenvalue weighted by atomic mass is 9.98. The molecule has 1 aromatic carbocycles. The number of amides is 2. The third-order valence-electron chi connectivity index (χ3n) is 3.00. The molecule has 0 radical (unpaired) electrons. The van der Waals surface area contributed by atoms with Crippen LogP contribution in [0.1, 0.15) is 36.9 Å². The van der Waals surface area contributed by atoms with Gasteiger partial charge >= 0.3 is 0 Å². The Bertz CT molecular complexity index is 500. The third kappa shape index (κ3) is 2.34. The number of benzene rings is 1. The Morgan fingerprint density at radius 3 is 2.83 bits per heavy atom. The van der Waals surface area contributed by atoms with Crippen molar-refractivity contribution >= 4 is 29.1 Å². The number of rotatable bonds is 3. The number of hydrogen-bond acceptors (Lipinski definition) is 2. The number of halogens is 1. The van der Waals surface area contributed by atoms with E-state index in [1.807, 2.05) is 18.2 Å². The van der Waals surface area contributed by atoms with Gasteiger partial charge in [-0.15, -0.1) is 11.6 Å². The quantitative estimate of drug-likeness (QED) is 0.824. The minimum absolute atomic E-state index is 0.150. The molecule has 0 fully saturated rings. The summed E-state index contributed by atoms with van der Waals surface area (Å²) in [4.78, 5) is 23.1. The Morgan fingerprint density at radius 2 is 2.22 bits per heavy atom. The number of alkyl halides is 1. The van der Waals surface area contributed by atoms with Crippen LogP contribution in [0.5, 0.6) is 0 Å². The van der Waals surface area contributed by atoms with Crippen LogP contribution >= 0.6 is 11.6 Å². The molecule has 4 nitrogen and oxygen atoms in total. The van der Waals surface area contributed by atoms with Crippen LogP contribution in [-0.2, 0) is 9.59 Å². The van der Waals surface area contributed by atoms with Gasteiger partial charge in [0.1, 0.15) is 11.9 Å². The maximum atomic E-state index is 11.8. The summed E-state index contributed by atoms with van der Waals surface area (Å²) in [5.74, 6) is -0.345. The van der Waals surface area contributed by atoms with Gasteiger partial charge in [0.2, 0.25) is 5.91 Å². The third-order valence-corrected chi connectivity index (χ3v) is 3.24. The molecule has 0 spiro atoms. The summed E-state index contributed by atoms with van der Waals surface area (Å²) < 4.78 is 0. The summed E-state index contributed by atoms with van der Waals surface area (Å²) in [5, 5.41) is 5.36. The molecule has 1 heterocycles. The van der Waals surface area contributed by atoms with E-state index in [1.54, 1.807) is 0 Å². The van der Waals surface area contributed by atoms with Crippen LogP contribution in [-0.4, -0.2) is 17.7 Å². The van der Waals surface area contributed by atoms with E-state index < -0.39 is 6.04 Å². The topological polar surface area (TPSA) is 58.2 Å². The Kier molecular flexibility index (Phi) is 3.57. The van der Waals surface area contributed by atoms with Crippen LogP contribution in [0.25, 0.3) is 0 Å². The van der Waals surface area contributed by atoms with Crippen molar-refractivity contribution in [1.29, 1.82) is 0 Å². The molecule has 96 valence electrons. The molecule has 5 heteroatoms. The maximum absolute atomic E-state index is 11.8. The second-order valence-electron chi connectivity index (χ2n) is 4.62. The van der Waals surface area contributed by atoms with E-state index in [4.69, 9.17) is 11.6 Å². The van der Waals surface area contributed by atoms with Gasteiger partial charge in [0.05, 0.1) is 0 Å². The van der Waals surface area contributed by atoms with E-state index >= 15 is 0 Å². The Labute approximate surface area is 111 Å². The molecule has 0 aromatic heterocycles. The highest BCUT2D eigenvalue weighted by Crippen LogP contribution is 2.33. The monoisotopic (exact) mass is 266 g/mol. The summed E-state index contributed by atoms with van der Waals surface area (Å²) in [6, 6.07) is 5.17. The van der Waals surface area contributed by atoms with Gasteiger partial charge < -0.3 is 10.6 Å². The minimum atomic E-state index is -0.634. The van der Waals surface area contributed by atoms with E-state index in [0.29, 0.717) is 5.92 Å². The zero-order chi connectivity index (χ0) is 13.3. The second kappa shape index (κ2) is 4.98. The first-order chi connectivity index (χ1) is 8.52. The van der Waals surface area contributed by atoms with Crippen molar-refractivity contribution in [1.82, 2.24) is 5.32 Å². The lowest BCUT2D eigenvalue weighted by molar-refractivity contribution is -0.124. The highest BCUT2D eigenvalue weighted by Gasteiger charge is 2.31. The smallest absolute Gasteiger partial charge is 0.251 e. The average molecular weight is 267 g/mol. The zero-order valence-corrected chi connectivity index (χ0v) is 11.0. The molecular weight excluding hydrogens is 252 g/mol. The van der Waals surface area contributed by atoms with Gasteiger partial charge in [-0.2, -0.15) is 0 Å². The summed E-state index contributed by atoms with van der Waals surface area (Å²) in [7, 11) is 0. The number of hydrogen-bond donors (Lipinski definition) is 2. The van der Waals surface area contributed by atoms with Gasteiger partial charge in [0, 0.05) is 11.3 Å². The highest BCUT2D eigenvalue weighted by molar-refractivity contribution is 6.27. The van der Waals surface area contributed by atoms with Gasteiger partial charge in [-0.25, -0.2) is 0 Å². The first-order valence-electron chi connectivity index (χ1n) is 5.83. The number of nitrogens with one attached hydrogen (secondary N) is 2. The average Bonchev–Trinajstić information content (AvgIpc) is 2.65. The van der Waals surface area contributed by atoms with E-state index in [-0.39, 0.29) is 17.7 Å². The molecular formula is C13H15ClN2O2. The van der Waals surface area contributed by atoms with Crippen LogP contribution < -0.4 is 10.6 Å². The molecule has 0 bridgehead atoms. The SMILES string of the molecule is CC(C)c1ccc2c(c1)C(NC(=O)CCl)C(=O)N2. The largest absolute Gasteiger partial charge is 0.339 e. The first-order valence-corrected chi connectivity index (χ1v) is 6.36. The maximum Gasteiger partial charge on any atom is 0.251 e. The van der Waals surface area contributed by atoms with Crippen molar-refractivity contribution in [3.63, 3.8) is 0 Å². The normalized spacial score (nSPS) is 17.6. The predicted molar refractivity (Wildman–Crippen MR) is 70.8 cm³/mol. The number of anilines is 1. The van der Waals surface area contributed by atoms with Crippen molar-refractivity contribution in [3.8, 4) is 0 Å². The van der Waals surface area contributed by atoms with Gasteiger partial charge in [-0.3, -0.25) is 9.59 Å². The molecule has 2 amide bonds. The van der Waals surface area contributed by atoms with Crippen LogP contribution in [0, 0.1) is 0 Å². The number of carbonyl (C=O) groups is 2. The van der Waals surface area contributed by atoms with E-state index in [2.05, 4.69) is 24.5 Å². The summed E-state index contributed by atoms with van der Waals surface area (Å²) in [6.45, 7) is 4.16. The van der Waals surface area contributed by atoms with Crippen molar-refractivity contribution in [2.24, 2.45) is 0 Å². The Morgan fingerprint density at radius 1 is 1.50 bits per heavy atom. The number of fused-ring (bicyclic) bond motifs is 1. The van der Waals surface area contributed by atoms with Crippen molar-refractivity contribution in [2.45, 2.75) is 25.8 Å². The van der Waals surface area contributed by atoms with Crippen molar-refractivity contribution in [2.75, 3.05) is 11.2 Å². The van der Waals surface area contributed by atoms with Crippen LogP contribution in [0.4, 0.5) is 5.69 Å². The molecule has 18 heavy (non-hydrogen) atoms. The highest BCUT2D eigenvalue weighted by atomic mass is 35.5. The molecule has 1 aliphatic rings. The fourth-order valence-electron chi connectivity index (χ4n) is 1.98. The lowest BCUT2D eigenvalue weighted by Gasteiger charge is -2.12. The second-order valence-corrected chi connectivity index (χ2v) is 4.89. The van der Waals surface area contributed by atoms with E-state index in [1.165, 1.54) is 0 Å². The molecule has 1 aliphatic heterocycles. The number of carbonyl (C=O) groups excluding carboxylic acids is 2. The standard InChI is InChI=1S/C13H15ClN2O2/c1-7(2)8-3-4-10-9(5-8)12(13(18)15-10)16-11(17)6-14/h3-5,7,12H,6H2,1-2H3,(H,15,18)(H,16,17). The fourth-order valence-corrected chi connectivity index (χ4v) is 2.06. The van der Waals surface area contributed by atoms with E-state index in [0.717, 1.165) is 16.8 Å². The van der Waals surface area contributed by atoms with Gasteiger partial charge in [-0.05, 0) is 17.5 Å². The molecule has 1 aromatic rings. The molecule has 0 aliphatic carbocycles. The summed E-state index contributed by atoms with van der Waals surface area (Å²) >= 11 is 5.44. The van der Waals surface area contributed by atoms with Crippen LogP contribution in [0.2, 0.25) is 0 Å². The predicted octanol–water partition coefficient (Wildman–Crippen LogP) is 2.16. The molecule has 0 saturated carbocycles. The molecule has 1 unspecified atom stereocenters. The minimum Gasteiger partial charge on any atom is -0.339 e. The summed E-state index contributed by atoms with van der Waals surface area (Å²) in [6.07, 6.45) is 0. The van der Waals surface area contributed by atoms with Crippen molar-refractivity contribution < 1.29 is 9.59 Å².